The van der Waals surface area contributed by atoms with Gasteiger partial charge in [0.25, 0.3) is 0 Å². The van der Waals surface area contributed by atoms with Crippen molar-refractivity contribution in [3.05, 3.63) is 6.92 Å². The van der Waals surface area contributed by atoms with Gasteiger partial charge < -0.3 is 11.1 Å². The summed E-state index contributed by atoms with van der Waals surface area (Å²) >= 11 is 0. The summed E-state index contributed by atoms with van der Waals surface area (Å²) in [6, 6.07) is -0.627. The van der Waals surface area contributed by atoms with Crippen molar-refractivity contribution in [3.63, 3.8) is 0 Å². The van der Waals surface area contributed by atoms with Gasteiger partial charge in [0.05, 0.1) is 0 Å². The molecular weight excluding hydrogens is 132 g/mol. The molecular formula is C6H11N2O2. The maximum absolute atomic E-state index is 10.4. The van der Waals surface area contributed by atoms with Crippen molar-refractivity contribution in [2.45, 2.75) is 19.4 Å². The highest BCUT2D eigenvalue weighted by Gasteiger charge is 2.12. The Morgan fingerprint density at radius 1 is 1.70 bits per heavy atom. The van der Waals surface area contributed by atoms with Gasteiger partial charge in [0.15, 0.2) is 0 Å². The highest BCUT2D eigenvalue weighted by molar-refractivity contribution is 5.85. The number of nitrogens with two attached hydrogens (primary N) is 1. The Morgan fingerprint density at radius 3 is 2.30 bits per heavy atom. The van der Waals surface area contributed by atoms with Crippen molar-refractivity contribution >= 4 is 11.8 Å². The highest BCUT2D eigenvalue weighted by Crippen LogP contribution is 1.87. The lowest BCUT2D eigenvalue weighted by Gasteiger charge is -2.10. The molecule has 2 amide bonds. The highest BCUT2D eigenvalue weighted by atomic mass is 16.2. The Balaban J connectivity index is 3.83. The molecule has 0 saturated carbocycles. The summed E-state index contributed by atoms with van der Waals surface area (Å²) in [6.07, 6.45) is 0.287. The van der Waals surface area contributed by atoms with Crippen molar-refractivity contribution in [2.75, 3.05) is 0 Å². The number of amides is 2. The third-order valence-electron chi connectivity index (χ3n) is 1.01. The van der Waals surface area contributed by atoms with Gasteiger partial charge in [-0.1, -0.05) is 6.92 Å². The van der Waals surface area contributed by atoms with E-state index in [0.29, 0.717) is 0 Å². The summed E-state index contributed by atoms with van der Waals surface area (Å²) in [4.78, 5) is 20.8. The van der Waals surface area contributed by atoms with Crippen molar-refractivity contribution in [3.8, 4) is 0 Å². The van der Waals surface area contributed by atoms with E-state index in [2.05, 4.69) is 12.2 Å². The van der Waals surface area contributed by atoms with Crippen LogP contribution in [-0.2, 0) is 9.59 Å². The first-order chi connectivity index (χ1) is 4.57. The minimum absolute atomic E-state index is 0.271. The van der Waals surface area contributed by atoms with E-state index in [9.17, 15) is 9.59 Å². The van der Waals surface area contributed by atoms with Crippen LogP contribution in [0.1, 0.15) is 13.3 Å². The molecule has 10 heavy (non-hydrogen) atoms. The van der Waals surface area contributed by atoms with E-state index in [4.69, 9.17) is 5.73 Å². The molecule has 57 valence electrons. The third kappa shape index (κ3) is 3.06. The number of hydrogen-bond donors (Lipinski definition) is 2. The summed E-state index contributed by atoms with van der Waals surface area (Å²) in [5.74, 6) is -0.822. The zero-order valence-electron chi connectivity index (χ0n) is 5.89. The fourth-order valence-corrected chi connectivity index (χ4v) is 0.531. The van der Waals surface area contributed by atoms with Gasteiger partial charge in [0, 0.05) is 6.92 Å². The summed E-state index contributed by atoms with van der Waals surface area (Å²) in [7, 11) is 0. The molecule has 0 aliphatic carbocycles. The minimum atomic E-state index is -0.627. The maximum atomic E-state index is 10.4. The quantitative estimate of drug-likeness (QED) is 0.543. The molecule has 0 aromatic carbocycles. The van der Waals surface area contributed by atoms with Crippen molar-refractivity contribution in [2.24, 2.45) is 5.73 Å². The molecule has 4 heteroatoms. The van der Waals surface area contributed by atoms with Crippen LogP contribution in [-0.4, -0.2) is 17.9 Å². The van der Waals surface area contributed by atoms with E-state index >= 15 is 0 Å². The summed E-state index contributed by atoms with van der Waals surface area (Å²) in [5, 5.41) is 2.35. The van der Waals surface area contributed by atoms with Crippen LogP contribution in [0, 0.1) is 6.92 Å². The molecule has 0 heterocycles. The molecule has 4 nitrogen and oxygen atoms in total. The second-order valence-electron chi connectivity index (χ2n) is 1.94. The van der Waals surface area contributed by atoms with E-state index in [1.807, 2.05) is 0 Å². The predicted molar refractivity (Wildman–Crippen MR) is 36.8 cm³/mol. The van der Waals surface area contributed by atoms with Crippen LogP contribution in [0.2, 0.25) is 0 Å². The van der Waals surface area contributed by atoms with E-state index in [1.54, 1.807) is 0 Å². The molecule has 0 aromatic heterocycles. The zero-order valence-corrected chi connectivity index (χ0v) is 5.89. The average molecular weight is 143 g/mol. The van der Waals surface area contributed by atoms with Gasteiger partial charge in [0.2, 0.25) is 11.8 Å². The molecule has 1 radical (unpaired) electrons. The number of carbonyl (C=O) groups excluding carboxylic acids is 2. The lowest BCUT2D eigenvalue weighted by atomic mass is 10.2. The SMILES string of the molecule is [CH2]CC(NC(C)=O)C(N)=O. The smallest absolute Gasteiger partial charge is 0.239 e. The van der Waals surface area contributed by atoms with E-state index < -0.39 is 11.9 Å². The van der Waals surface area contributed by atoms with Gasteiger partial charge >= 0.3 is 0 Å². The van der Waals surface area contributed by atoms with Crippen LogP contribution in [0.3, 0.4) is 0 Å². The molecule has 3 N–H and O–H groups in total. The van der Waals surface area contributed by atoms with E-state index in [0.717, 1.165) is 0 Å². The Labute approximate surface area is 59.8 Å². The molecule has 0 saturated heterocycles. The van der Waals surface area contributed by atoms with Gasteiger partial charge in [-0.2, -0.15) is 0 Å². The van der Waals surface area contributed by atoms with E-state index in [-0.39, 0.29) is 12.3 Å². The lowest BCUT2D eigenvalue weighted by molar-refractivity contribution is -0.126. The molecule has 0 bridgehead atoms. The largest absolute Gasteiger partial charge is 0.368 e. The van der Waals surface area contributed by atoms with Gasteiger partial charge in [-0.25, -0.2) is 0 Å². The van der Waals surface area contributed by atoms with E-state index in [1.165, 1.54) is 6.92 Å². The lowest BCUT2D eigenvalue weighted by Crippen LogP contribution is -2.42. The molecule has 0 rings (SSSR count). The molecule has 1 unspecified atom stereocenters. The average Bonchev–Trinajstić information content (AvgIpc) is 1.81. The molecule has 0 aromatic rings. The minimum Gasteiger partial charge on any atom is -0.368 e. The topological polar surface area (TPSA) is 72.2 Å². The third-order valence-corrected chi connectivity index (χ3v) is 1.01. The van der Waals surface area contributed by atoms with Gasteiger partial charge in [-0.3, -0.25) is 9.59 Å². The van der Waals surface area contributed by atoms with Crippen LogP contribution in [0.4, 0.5) is 0 Å². The molecule has 0 aliphatic rings. The monoisotopic (exact) mass is 143 g/mol. The van der Waals surface area contributed by atoms with Gasteiger partial charge in [-0.05, 0) is 6.42 Å². The molecule has 1 atom stereocenters. The van der Waals surface area contributed by atoms with Crippen molar-refractivity contribution in [1.29, 1.82) is 0 Å². The second kappa shape index (κ2) is 3.87. The van der Waals surface area contributed by atoms with Crippen LogP contribution in [0.15, 0.2) is 0 Å². The molecule has 0 aliphatic heterocycles. The molecule has 0 fully saturated rings. The summed E-state index contributed by atoms with van der Waals surface area (Å²) < 4.78 is 0. The van der Waals surface area contributed by atoms with Crippen LogP contribution < -0.4 is 11.1 Å². The van der Waals surface area contributed by atoms with Gasteiger partial charge in [0.1, 0.15) is 6.04 Å². The second-order valence-corrected chi connectivity index (χ2v) is 1.94. The Bertz CT molecular complexity index is 145. The van der Waals surface area contributed by atoms with Crippen LogP contribution in [0.5, 0.6) is 0 Å². The summed E-state index contributed by atoms with van der Waals surface area (Å²) in [5.41, 5.74) is 4.90. The first-order valence-electron chi connectivity index (χ1n) is 2.93. The maximum Gasteiger partial charge on any atom is 0.239 e. The first kappa shape index (κ1) is 8.94. The zero-order chi connectivity index (χ0) is 8.15. The standard InChI is InChI=1S/C6H11N2O2/c1-3-5(6(7)10)8-4(2)9/h5H,1,3H2,2H3,(H2,7,10)(H,8,9). The Kier molecular flexibility index (Phi) is 3.46. The van der Waals surface area contributed by atoms with Crippen molar-refractivity contribution in [1.82, 2.24) is 5.32 Å². The number of nitrogens with one attached hydrogen (secondary N) is 1. The van der Waals surface area contributed by atoms with Crippen LogP contribution >= 0.6 is 0 Å². The van der Waals surface area contributed by atoms with Crippen molar-refractivity contribution < 1.29 is 9.59 Å². The molecule has 0 spiro atoms. The number of primary amides is 1. The number of rotatable bonds is 3. The number of hydrogen-bond acceptors (Lipinski definition) is 2. The predicted octanol–water partition coefficient (Wildman–Crippen LogP) is -0.799. The Morgan fingerprint density at radius 2 is 2.20 bits per heavy atom. The summed E-state index contributed by atoms with van der Waals surface area (Å²) in [6.45, 7) is 4.77. The number of carbonyl (C=O) groups is 2. The van der Waals surface area contributed by atoms with Crippen LogP contribution in [0.25, 0.3) is 0 Å². The fraction of sp³-hybridized carbons (Fsp3) is 0.500. The first-order valence-corrected chi connectivity index (χ1v) is 2.93. The van der Waals surface area contributed by atoms with Gasteiger partial charge in [-0.15, -0.1) is 0 Å². The fourth-order valence-electron chi connectivity index (χ4n) is 0.531. The Hall–Kier alpha value is -1.06. The normalized spacial score (nSPS) is 12.2.